The minimum absolute atomic E-state index is 0.225. The summed E-state index contributed by atoms with van der Waals surface area (Å²) in [6.07, 6.45) is 1.81. The van der Waals surface area contributed by atoms with Crippen molar-refractivity contribution in [2.75, 3.05) is 5.32 Å². The van der Waals surface area contributed by atoms with Crippen LogP contribution >= 0.6 is 15.9 Å². The van der Waals surface area contributed by atoms with Crippen molar-refractivity contribution < 1.29 is 9.90 Å². The SMILES string of the molecule is O=C(O)CCC1Cc2c(Br)cccc2N1. The van der Waals surface area contributed by atoms with Gasteiger partial charge in [0.1, 0.15) is 0 Å². The Morgan fingerprint density at radius 1 is 1.60 bits per heavy atom. The van der Waals surface area contributed by atoms with Crippen LogP contribution < -0.4 is 5.32 Å². The molecule has 1 heterocycles. The molecule has 2 N–H and O–H groups in total. The van der Waals surface area contributed by atoms with Crippen LogP contribution in [0.15, 0.2) is 22.7 Å². The highest BCUT2D eigenvalue weighted by atomic mass is 79.9. The Kier molecular flexibility index (Phi) is 2.95. The summed E-state index contributed by atoms with van der Waals surface area (Å²) in [4.78, 5) is 10.5. The first-order valence-electron chi connectivity index (χ1n) is 4.92. The van der Waals surface area contributed by atoms with Crippen LogP contribution in [0.4, 0.5) is 5.69 Å². The van der Waals surface area contributed by atoms with E-state index < -0.39 is 5.97 Å². The Morgan fingerprint density at radius 2 is 2.40 bits per heavy atom. The van der Waals surface area contributed by atoms with Crippen LogP contribution in [-0.2, 0) is 11.2 Å². The third kappa shape index (κ3) is 2.31. The molecule has 1 unspecified atom stereocenters. The van der Waals surface area contributed by atoms with E-state index >= 15 is 0 Å². The van der Waals surface area contributed by atoms with Crippen LogP contribution in [-0.4, -0.2) is 17.1 Å². The number of carboxylic acids is 1. The molecule has 0 saturated heterocycles. The Bertz CT molecular complexity index is 392. The molecule has 2 rings (SSSR count). The van der Waals surface area contributed by atoms with E-state index in [9.17, 15) is 4.79 Å². The Hall–Kier alpha value is -1.03. The fourth-order valence-electron chi connectivity index (χ4n) is 1.89. The average Bonchev–Trinajstić information content (AvgIpc) is 2.59. The zero-order valence-electron chi connectivity index (χ0n) is 8.16. The predicted molar refractivity (Wildman–Crippen MR) is 62.1 cm³/mol. The number of anilines is 1. The predicted octanol–water partition coefficient (Wildman–Crippen LogP) is 2.65. The number of rotatable bonds is 3. The van der Waals surface area contributed by atoms with Crippen molar-refractivity contribution >= 4 is 27.6 Å². The smallest absolute Gasteiger partial charge is 0.303 e. The maximum Gasteiger partial charge on any atom is 0.303 e. The molecule has 15 heavy (non-hydrogen) atoms. The van der Waals surface area contributed by atoms with Gasteiger partial charge in [-0.15, -0.1) is 0 Å². The van der Waals surface area contributed by atoms with Gasteiger partial charge in [-0.1, -0.05) is 22.0 Å². The number of nitrogens with one attached hydrogen (secondary N) is 1. The van der Waals surface area contributed by atoms with Gasteiger partial charge in [0.05, 0.1) is 0 Å². The third-order valence-electron chi connectivity index (χ3n) is 2.64. The van der Waals surface area contributed by atoms with Gasteiger partial charge in [0.15, 0.2) is 0 Å². The number of carbonyl (C=O) groups is 1. The molecule has 0 bridgehead atoms. The van der Waals surface area contributed by atoms with Crippen molar-refractivity contribution in [1.82, 2.24) is 0 Å². The molecular weight excluding hydrogens is 258 g/mol. The molecule has 1 aromatic carbocycles. The second-order valence-corrected chi connectivity index (χ2v) is 4.60. The molecule has 0 fully saturated rings. The maximum absolute atomic E-state index is 10.5. The lowest BCUT2D eigenvalue weighted by Crippen LogP contribution is -2.16. The van der Waals surface area contributed by atoms with Crippen molar-refractivity contribution in [2.24, 2.45) is 0 Å². The van der Waals surface area contributed by atoms with Crippen molar-refractivity contribution in [3.8, 4) is 0 Å². The normalized spacial score (nSPS) is 18.3. The summed E-state index contributed by atoms with van der Waals surface area (Å²) in [7, 11) is 0. The highest BCUT2D eigenvalue weighted by molar-refractivity contribution is 9.10. The van der Waals surface area contributed by atoms with Crippen LogP contribution in [0.2, 0.25) is 0 Å². The number of benzene rings is 1. The summed E-state index contributed by atoms with van der Waals surface area (Å²) in [5.41, 5.74) is 2.38. The van der Waals surface area contributed by atoms with Gasteiger partial charge >= 0.3 is 5.97 Å². The number of hydrogen-bond donors (Lipinski definition) is 2. The fourth-order valence-corrected chi connectivity index (χ4v) is 2.42. The lowest BCUT2D eigenvalue weighted by Gasteiger charge is -2.08. The van der Waals surface area contributed by atoms with Crippen molar-refractivity contribution in [3.63, 3.8) is 0 Å². The zero-order chi connectivity index (χ0) is 10.8. The minimum Gasteiger partial charge on any atom is -0.481 e. The highest BCUT2D eigenvalue weighted by Gasteiger charge is 2.22. The first kappa shape index (κ1) is 10.5. The van der Waals surface area contributed by atoms with Crippen LogP contribution in [0.1, 0.15) is 18.4 Å². The lowest BCUT2D eigenvalue weighted by molar-refractivity contribution is -0.137. The first-order valence-corrected chi connectivity index (χ1v) is 5.72. The highest BCUT2D eigenvalue weighted by Crippen LogP contribution is 2.33. The number of carboxylic acid groups (broad SMARTS) is 1. The van der Waals surface area contributed by atoms with E-state index in [0.29, 0.717) is 6.42 Å². The van der Waals surface area contributed by atoms with Gasteiger partial charge < -0.3 is 10.4 Å². The Morgan fingerprint density at radius 3 is 3.07 bits per heavy atom. The molecule has 0 amide bonds. The molecule has 1 aliphatic heterocycles. The minimum atomic E-state index is -0.730. The lowest BCUT2D eigenvalue weighted by atomic mass is 10.1. The Labute approximate surface area is 96.6 Å². The van der Waals surface area contributed by atoms with E-state index in [0.717, 1.165) is 16.6 Å². The van der Waals surface area contributed by atoms with E-state index in [-0.39, 0.29) is 12.5 Å². The number of hydrogen-bond acceptors (Lipinski definition) is 2. The summed E-state index contributed by atoms with van der Waals surface area (Å²) in [6.45, 7) is 0. The molecule has 4 heteroatoms. The molecular formula is C11H12BrNO2. The van der Waals surface area contributed by atoms with Crippen LogP contribution in [0.3, 0.4) is 0 Å². The van der Waals surface area contributed by atoms with Gasteiger partial charge in [-0.25, -0.2) is 0 Å². The van der Waals surface area contributed by atoms with Gasteiger partial charge in [0, 0.05) is 22.6 Å². The summed E-state index contributed by atoms with van der Waals surface area (Å²) in [5, 5.41) is 11.9. The van der Waals surface area contributed by atoms with E-state index in [4.69, 9.17) is 5.11 Å². The van der Waals surface area contributed by atoms with Crippen LogP contribution in [0, 0.1) is 0 Å². The van der Waals surface area contributed by atoms with Crippen molar-refractivity contribution in [3.05, 3.63) is 28.2 Å². The molecule has 0 aliphatic carbocycles. The van der Waals surface area contributed by atoms with Crippen molar-refractivity contribution in [2.45, 2.75) is 25.3 Å². The second kappa shape index (κ2) is 4.23. The van der Waals surface area contributed by atoms with E-state index in [1.54, 1.807) is 0 Å². The molecule has 80 valence electrons. The molecule has 0 spiro atoms. The van der Waals surface area contributed by atoms with E-state index in [1.807, 2.05) is 18.2 Å². The zero-order valence-corrected chi connectivity index (χ0v) is 9.75. The summed E-state index contributed by atoms with van der Waals surface area (Å²) >= 11 is 3.50. The molecule has 0 saturated carbocycles. The summed E-state index contributed by atoms with van der Waals surface area (Å²) in [6, 6.07) is 6.28. The molecule has 3 nitrogen and oxygen atoms in total. The molecule has 0 radical (unpaired) electrons. The number of fused-ring (bicyclic) bond motifs is 1. The molecule has 0 aromatic heterocycles. The van der Waals surface area contributed by atoms with E-state index in [1.165, 1.54) is 5.56 Å². The van der Waals surface area contributed by atoms with Gasteiger partial charge in [0.25, 0.3) is 0 Å². The number of halogens is 1. The van der Waals surface area contributed by atoms with Gasteiger partial charge in [-0.05, 0) is 30.5 Å². The van der Waals surface area contributed by atoms with Crippen molar-refractivity contribution in [1.29, 1.82) is 0 Å². The first-order chi connectivity index (χ1) is 7.16. The quantitative estimate of drug-likeness (QED) is 0.887. The topological polar surface area (TPSA) is 49.3 Å². The monoisotopic (exact) mass is 269 g/mol. The third-order valence-corrected chi connectivity index (χ3v) is 3.38. The Balaban J connectivity index is 2.03. The van der Waals surface area contributed by atoms with Crippen LogP contribution in [0.5, 0.6) is 0 Å². The largest absolute Gasteiger partial charge is 0.481 e. The fraction of sp³-hybridized carbons (Fsp3) is 0.364. The van der Waals surface area contributed by atoms with Gasteiger partial charge in [-0.2, -0.15) is 0 Å². The van der Waals surface area contributed by atoms with Gasteiger partial charge in [0.2, 0.25) is 0 Å². The molecule has 1 aromatic rings. The maximum atomic E-state index is 10.5. The molecule has 1 atom stereocenters. The van der Waals surface area contributed by atoms with E-state index in [2.05, 4.69) is 21.2 Å². The van der Waals surface area contributed by atoms with Gasteiger partial charge in [-0.3, -0.25) is 4.79 Å². The number of aliphatic carboxylic acids is 1. The molecule has 1 aliphatic rings. The second-order valence-electron chi connectivity index (χ2n) is 3.74. The average molecular weight is 270 g/mol. The summed E-state index contributed by atoms with van der Waals surface area (Å²) < 4.78 is 1.10. The standard InChI is InChI=1S/C11H12BrNO2/c12-9-2-1-3-10-8(9)6-7(13-10)4-5-11(14)15/h1-3,7,13H,4-6H2,(H,14,15). The van der Waals surface area contributed by atoms with Crippen LogP contribution in [0.25, 0.3) is 0 Å². The summed E-state index contributed by atoms with van der Waals surface area (Å²) in [5.74, 6) is -0.730.